The molecule has 1 aliphatic rings. The van der Waals surface area contributed by atoms with Gasteiger partial charge in [-0.05, 0) is 17.7 Å². The molecule has 8 heteroatoms. The molecule has 2 rings (SSSR count). The van der Waals surface area contributed by atoms with E-state index in [4.69, 9.17) is 11.6 Å². The quantitative estimate of drug-likeness (QED) is 0.833. The fourth-order valence-corrected chi connectivity index (χ4v) is 2.92. The maximum Gasteiger partial charge on any atom is 0.417 e. The molecule has 124 valence electrons. The summed E-state index contributed by atoms with van der Waals surface area (Å²) in [4.78, 5) is 1.85. The Kier molecular flexibility index (Phi) is 5.63. The number of alkyl halides is 5. The summed E-state index contributed by atoms with van der Waals surface area (Å²) in [7, 11) is 0. The zero-order valence-corrected chi connectivity index (χ0v) is 12.4. The van der Waals surface area contributed by atoms with Crippen molar-refractivity contribution < 1.29 is 22.0 Å². The molecule has 22 heavy (non-hydrogen) atoms. The van der Waals surface area contributed by atoms with Gasteiger partial charge in [0.15, 0.2) is 0 Å². The van der Waals surface area contributed by atoms with E-state index in [0.717, 1.165) is 12.1 Å². The van der Waals surface area contributed by atoms with E-state index >= 15 is 0 Å². The third-order valence-electron chi connectivity index (χ3n) is 3.68. The third kappa shape index (κ3) is 4.30. The molecule has 1 aliphatic heterocycles. The molecule has 0 spiro atoms. The van der Waals surface area contributed by atoms with Crippen molar-refractivity contribution in [1.29, 1.82) is 0 Å². The van der Waals surface area contributed by atoms with Crippen LogP contribution in [0.3, 0.4) is 0 Å². The predicted molar refractivity (Wildman–Crippen MR) is 74.3 cm³/mol. The summed E-state index contributed by atoms with van der Waals surface area (Å²) in [6.07, 6.45) is -7.52. The van der Waals surface area contributed by atoms with Crippen LogP contribution in [0.25, 0.3) is 0 Å². The Morgan fingerprint density at radius 1 is 1.18 bits per heavy atom. The Hall–Kier alpha value is -0.920. The molecule has 0 saturated carbocycles. The molecule has 1 saturated heterocycles. The molecule has 2 nitrogen and oxygen atoms in total. The first-order valence-electron chi connectivity index (χ1n) is 6.88. The lowest BCUT2D eigenvalue weighted by atomic mass is 9.99. The van der Waals surface area contributed by atoms with Crippen LogP contribution < -0.4 is 5.32 Å². The first-order chi connectivity index (χ1) is 10.3. The van der Waals surface area contributed by atoms with Gasteiger partial charge in [0.05, 0.1) is 10.6 Å². The number of halogens is 6. The van der Waals surface area contributed by atoms with Gasteiger partial charge in [-0.2, -0.15) is 13.2 Å². The van der Waals surface area contributed by atoms with Crippen molar-refractivity contribution in [3.8, 4) is 0 Å². The van der Waals surface area contributed by atoms with E-state index in [1.54, 1.807) is 0 Å². The number of hydrogen-bond acceptors (Lipinski definition) is 2. The monoisotopic (exact) mass is 342 g/mol. The van der Waals surface area contributed by atoms with Crippen molar-refractivity contribution in [2.45, 2.75) is 25.1 Å². The summed E-state index contributed by atoms with van der Waals surface area (Å²) < 4.78 is 63.8. The molecule has 1 N–H and O–H groups in total. The van der Waals surface area contributed by atoms with Crippen molar-refractivity contribution in [2.24, 2.45) is 0 Å². The molecule has 1 atom stereocenters. The van der Waals surface area contributed by atoms with Crippen LogP contribution >= 0.6 is 11.6 Å². The SMILES string of the molecule is FC(F)C[C@@H](c1ccc(C(F)(F)F)c(Cl)c1)N1CCNCC1. The smallest absolute Gasteiger partial charge is 0.314 e. The van der Waals surface area contributed by atoms with E-state index in [1.165, 1.54) is 6.07 Å². The zero-order chi connectivity index (χ0) is 16.3. The highest BCUT2D eigenvalue weighted by Crippen LogP contribution is 2.37. The van der Waals surface area contributed by atoms with Crippen LogP contribution in [0.4, 0.5) is 22.0 Å². The van der Waals surface area contributed by atoms with Crippen molar-refractivity contribution in [3.05, 3.63) is 34.3 Å². The van der Waals surface area contributed by atoms with Gasteiger partial charge >= 0.3 is 6.18 Å². The van der Waals surface area contributed by atoms with Crippen LogP contribution in [0.1, 0.15) is 23.6 Å². The first kappa shape index (κ1) is 17.4. The second-order valence-corrected chi connectivity index (χ2v) is 5.57. The van der Waals surface area contributed by atoms with Crippen LogP contribution in [-0.4, -0.2) is 37.5 Å². The van der Waals surface area contributed by atoms with Crippen LogP contribution in [0.2, 0.25) is 5.02 Å². The third-order valence-corrected chi connectivity index (χ3v) is 3.99. The normalized spacial score (nSPS) is 18.7. The first-order valence-corrected chi connectivity index (χ1v) is 7.26. The molecule has 0 aliphatic carbocycles. The number of nitrogens with zero attached hydrogens (tertiary/aromatic N) is 1. The second-order valence-electron chi connectivity index (χ2n) is 5.17. The van der Waals surface area contributed by atoms with Crippen molar-refractivity contribution in [2.75, 3.05) is 26.2 Å². The van der Waals surface area contributed by atoms with Gasteiger partial charge in [0, 0.05) is 38.6 Å². The minimum atomic E-state index is -4.55. The lowest BCUT2D eigenvalue weighted by Crippen LogP contribution is -2.45. The zero-order valence-electron chi connectivity index (χ0n) is 11.6. The van der Waals surface area contributed by atoms with E-state index in [2.05, 4.69) is 5.32 Å². The molecule has 0 amide bonds. The Bertz CT molecular complexity index is 500. The summed E-state index contributed by atoms with van der Waals surface area (Å²) in [6.45, 7) is 2.45. The maximum absolute atomic E-state index is 12.8. The van der Waals surface area contributed by atoms with E-state index < -0.39 is 35.7 Å². The maximum atomic E-state index is 12.8. The lowest BCUT2D eigenvalue weighted by molar-refractivity contribution is -0.137. The van der Waals surface area contributed by atoms with Crippen LogP contribution in [-0.2, 0) is 6.18 Å². The van der Waals surface area contributed by atoms with Crippen molar-refractivity contribution in [1.82, 2.24) is 10.2 Å². The van der Waals surface area contributed by atoms with Gasteiger partial charge in [-0.1, -0.05) is 17.7 Å². The highest BCUT2D eigenvalue weighted by Gasteiger charge is 2.34. The number of nitrogens with one attached hydrogen (secondary N) is 1. The summed E-state index contributed by atoms with van der Waals surface area (Å²) in [5.41, 5.74) is -0.561. The highest BCUT2D eigenvalue weighted by atomic mass is 35.5. The number of rotatable bonds is 4. The Morgan fingerprint density at radius 3 is 2.32 bits per heavy atom. The number of piperazine rings is 1. The van der Waals surface area contributed by atoms with Gasteiger partial charge in [-0.25, -0.2) is 8.78 Å². The van der Waals surface area contributed by atoms with Gasteiger partial charge in [-0.3, -0.25) is 4.90 Å². The summed E-state index contributed by atoms with van der Waals surface area (Å²) in [5, 5.41) is 2.65. The average Bonchev–Trinajstić information content (AvgIpc) is 2.44. The average molecular weight is 343 g/mol. The molecule has 0 radical (unpaired) electrons. The van der Waals surface area contributed by atoms with E-state index in [-0.39, 0.29) is 0 Å². The molecular weight excluding hydrogens is 327 g/mol. The van der Waals surface area contributed by atoms with Crippen molar-refractivity contribution in [3.63, 3.8) is 0 Å². The number of hydrogen-bond donors (Lipinski definition) is 1. The summed E-state index contributed by atoms with van der Waals surface area (Å²) >= 11 is 5.70. The van der Waals surface area contributed by atoms with Gasteiger partial charge in [0.2, 0.25) is 6.43 Å². The molecular formula is C14H16ClF5N2. The minimum Gasteiger partial charge on any atom is -0.314 e. The summed E-state index contributed by atoms with van der Waals surface area (Å²) in [5.74, 6) is 0. The molecule has 1 fully saturated rings. The fourth-order valence-electron chi connectivity index (χ4n) is 2.63. The largest absolute Gasteiger partial charge is 0.417 e. The Morgan fingerprint density at radius 2 is 1.82 bits per heavy atom. The highest BCUT2D eigenvalue weighted by molar-refractivity contribution is 6.31. The number of benzene rings is 1. The topological polar surface area (TPSA) is 15.3 Å². The Labute approximate surface area is 130 Å². The van der Waals surface area contributed by atoms with Gasteiger partial charge < -0.3 is 5.32 Å². The summed E-state index contributed by atoms with van der Waals surface area (Å²) in [6, 6.07) is 2.61. The lowest BCUT2D eigenvalue weighted by Gasteiger charge is -2.35. The molecule has 1 aromatic carbocycles. The minimum absolute atomic E-state index is 0.389. The fraction of sp³-hybridized carbons (Fsp3) is 0.571. The molecule has 0 unspecified atom stereocenters. The standard InChI is InChI=1S/C14H16ClF5N2/c15-11-7-9(1-2-10(11)14(18,19)20)12(8-13(16)17)22-5-3-21-4-6-22/h1-2,7,12-13,21H,3-6,8H2/t12-/m0/s1. The van der Waals surface area contributed by atoms with Gasteiger partial charge in [0.1, 0.15) is 0 Å². The van der Waals surface area contributed by atoms with E-state index in [9.17, 15) is 22.0 Å². The van der Waals surface area contributed by atoms with E-state index in [1.807, 2.05) is 4.90 Å². The molecule has 0 bridgehead atoms. The Balaban J connectivity index is 2.29. The molecule has 1 aromatic rings. The van der Waals surface area contributed by atoms with E-state index in [0.29, 0.717) is 31.7 Å². The van der Waals surface area contributed by atoms with Gasteiger partial charge in [-0.15, -0.1) is 0 Å². The predicted octanol–water partition coefficient (Wildman–Crippen LogP) is 3.96. The van der Waals surface area contributed by atoms with Crippen LogP contribution in [0.15, 0.2) is 18.2 Å². The van der Waals surface area contributed by atoms with Crippen LogP contribution in [0.5, 0.6) is 0 Å². The van der Waals surface area contributed by atoms with Gasteiger partial charge in [0.25, 0.3) is 0 Å². The molecule has 0 aromatic heterocycles. The van der Waals surface area contributed by atoms with Crippen LogP contribution in [0, 0.1) is 0 Å². The molecule has 1 heterocycles. The van der Waals surface area contributed by atoms with Crippen molar-refractivity contribution >= 4 is 11.6 Å². The second kappa shape index (κ2) is 7.10.